The van der Waals surface area contributed by atoms with Crippen LogP contribution >= 0.6 is 0 Å². The second-order valence-corrected chi connectivity index (χ2v) is 11.0. The van der Waals surface area contributed by atoms with Crippen molar-refractivity contribution in [1.29, 1.82) is 0 Å². The van der Waals surface area contributed by atoms with Crippen LogP contribution in [-0.2, 0) is 11.3 Å². The normalized spacial score (nSPS) is 15.6. The van der Waals surface area contributed by atoms with E-state index in [4.69, 9.17) is 9.26 Å². The van der Waals surface area contributed by atoms with Crippen LogP contribution in [0.2, 0.25) is 0 Å². The van der Waals surface area contributed by atoms with Crippen LogP contribution in [0.1, 0.15) is 42.0 Å². The summed E-state index contributed by atoms with van der Waals surface area (Å²) in [4.78, 5) is 32.3. The zero-order valence-electron chi connectivity index (χ0n) is 22.7. The highest BCUT2D eigenvalue weighted by atomic mass is 16.5. The molecule has 2 aromatic heterocycles. The molecular formula is C24H31B3N8O4. The monoisotopic (exact) mass is 528 g/mol. The van der Waals surface area contributed by atoms with Crippen LogP contribution in [-0.4, -0.2) is 86.0 Å². The molecule has 1 saturated carbocycles. The number of amides is 2. The van der Waals surface area contributed by atoms with Gasteiger partial charge in [-0.15, -0.1) is 10.2 Å². The summed E-state index contributed by atoms with van der Waals surface area (Å²) in [5, 5.41) is 20.9. The Labute approximate surface area is 229 Å². The van der Waals surface area contributed by atoms with Gasteiger partial charge in [0.2, 0.25) is 5.91 Å². The van der Waals surface area contributed by atoms with Gasteiger partial charge in [0, 0.05) is 12.0 Å². The number of methoxy groups -OCH3 is 1. The Hall–Kier alpha value is -3.87. The van der Waals surface area contributed by atoms with Crippen LogP contribution in [0.15, 0.2) is 28.8 Å². The van der Waals surface area contributed by atoms with Gasteiger partial charge in [0.05, 0.1) is 30.6 Å². The number of likely N-dealkylation sites (tertiary alicyclic amines) is 1. The van der Waals surface area contributed by atoms with Gasteiger partial charge in [-0.1, -0.05) is 11.2 Å². The lowest BCUT2D eigenvalue weighted by atomic mass is 9.49. The number of carbonyl (C=O) groups is 2. The van der Waals surface area contributed by atoms with E-state index in [1.54, 1.807) is 19.2 Å². The first kappa shape index (κ1) is 26.7. The average Bonchev–Trinajstić information content (AvgIpc) is 3.43. The van der Waals surface area contributed by atoms with Crippen molar-refractivity contribution in [2.24, 2.45) is 5.92 Å². The largest absolute Gasteiger partial charge is 0.494 e. The number of benzene rings is 1. The smallest absolute Gasteiger partial charge is 0.272 e. The molecule has 3 N–H and O–H groups in total. The standard InChI is InChI=1S/C24H31B3N8O4/c1-38-20-14(23-30-18(34-39-23)12-35-9-2-3-10-35)5-4-6-15(20)28-16-11-17(29-21(36)13-7-8-13)32-33-19(16)22(37)31-24(25,26)27/h4-6,11,13H,2-3,7-10,12,25-27H2,1H3,(H,31,37)(H2,28,29,32,36). The molecule has 0 radical (unpaired) electrons. The van der Waals surface area contributed by atoms with E-state index in [-0.39, 0.29) is 23.3 Å². The lowest BCUT2D eigenvalue weighted by molar-refractivity contribution is -0.117. The van der Waals surface area contributed by atoms with E-state index in [2.05, 4.69) is 41.2 Å². The first-order valence-electron chi connectivity index (χ1n) is 13.2. The van der Waals surface area contributed by atoms with Crippen molar-refractivity contribution in [3.63, 3.8) is 0 Å². The second kappa shape index (κ2) is 11.1. The topological polar surface area (TPSA) is 147 Å². The molecule has 2 fully saturated rings. The molecule has 1 aromatic carbocycles. The third kappa shape index (κ3) is 6.59. The molecule has 0 bridgehead atoms. The molecule has 2 aliphatic rings. The van der Waals surface area contributed by atoms with Crippen LogP contribution in [0.25, 0.3) is 11.5 Å². The highest BCUT2D eigenvalue weighted by molar-refractivity contribution is 6.60. The van der Waals surface area contributed by atoms with Crippen molar-refractivity contribution in [2.75, 3.05) is 30.8 Å². The minimum absolute atomic E-state index is 0.00591. The Morgan fingerprint density at radius 1 is 1.15 bits per heavy atom. The predicted molar refractivity (Wildman–Crippen MR) is 153 cm³/mol. The summed E-state index contributed by atoms with van der Waals surface area (Å²) in [5.74, 6) is 1.13. The molecule has 1 saturated heterocycles. The van der Waals surface area contributed by atoms with Gasteiger partial charge in [-0.3, -0.25) is 14.5 Å². The number of nitrogens with zero attached hydrogens (tertiary/aromatic N) is 5. The summed E-state index contributed by atoms with van der Waals surface area (Å²) in [5.41, 5.74) is 1.58. The number of hydrogen-bond donors (Lipinski definition) is 3. The molecule has 5 rings (SSSR count). The summed E-state index contributed by atoms with van der Waals surface area (Å²) in [6.45, 7) is 2.69. The number of carbonyl (C=O) groups excluding carboxylic acids is 2. The summed E-state index contributed by atoms with van der Waals surface area (Å²) < 4.78 is 11.3. The fourth-order valence-electron chi connectivity index (χ4n) is 4.43. The molecule has 3 heterocycles. The Morgan fingerprint density at radius 2 is 1.92 bits per heavy atom. The number of anilines is 3. The number of hydrogen-bond acceptors (Lipinski definition) is 10. The van der Waals surface area contributed by atoms with Gasteiger partial charge in [0.15, 0.2) is 23.1 Å². The summed E-state index contributed by atoms with van der Waals surface area (Å²) in [6.07, 6.45) is 4.07. The molecule has 3 aromatic rings. The van der Waals surface area contributed by atoms with Crippen molar-refractivity contribution in [3.8, 4) is 17.2 Å². The molecule has 0 spiro atoms. The number of aromatic nitrogens is 4. The zero-order valence-corrected chi connectivity index (χ0v) is 22.7. The Morgan fingerprint density at radius 3 is 2.62 bits per heavy atom. The number of rotatable bonds is 10. The highest BCUT2D eigenvalue weighted by Gasteiger charge is 2.30. The molecule has 1 aliphatic carbocycles. The Kier molecular flexibility index (Phi) is 7.60. The minimum atomic E-state index is -0.489. The Balaban J connectivity index is 1.45. The number of ether oxygens (including phenoxy) is 1. The second-order valence-electron chi connectivity index (χ2n) is 11.0. The predicted octanol–water partition coefficient (Wildman–Crippen LogP) is -0.536. The molecule has 1 aliphatic heterocycles. The van der Waals surface area contributed by atoms with Crippen molar-refractivity contribution >= 4 is 52.5 Å². The summed E-state index contributed by atoms with van der Waals surface area (Å²) in [7, 11) is 7.18. The third-order valence-corrected chi connectivity index (χ3v) is 6.45. The van der Waals surface area contributed by atoms with Crippen LogP contribution in [0.3, 0.4) is 0 Å². The van der Waals surface area contributed by atoms with Gasteiger partial charge in [0.1, 0.15) is 23.5 Å². The van der Waals surface area contributed by atoms with E-state index in [1.807, 2.05) is 35.7 Å². The van der Waals surface area contributed by atoms with Crippen molar-refractivity contribution in [1.82, 2.24) is 30.6 Å². The highest BCUT2D eigenvalue weighted by Crippen LogP contribution is 2.38. The van der Waals surface area contributed by atoms with E-state index < -0.39 is 11.1 Å². The lowest BCUT2D eigenvalue weighted by Crippen LogP contribution is -2.50. The summed E-state index contributed by atoms with van der Waals surface area (Å²) >= 11 is 0. The zero-order chi connectivity index (χ0) is 27.6. The molecule has 15 heteroatoms. The maximum atomic E-state index is 13.1. The van der Waals surface area contributed by atoms with Gasteiger partial charge >= 0.3 is 0 Å². The van der Waals surface area contributed by atoms with E-state index >= 15 is 0 Å². The van der Waals surface area contributed by atoms with Crippen LogP contribution in [0.4, 0.5) is 17.2 Å². The van der Waals surface area contributed by atoms with Gasteiger partial charge < -0.3 is 25.2 Å². The molecule has 0 atom stereocenters. The average molecular weight is 528 g/mol. The van der Waals surface area contributed by atoms with Crippen LogP contribution in [0.5, 0.6) is 5.75 Å². The molecule has 39 heavy (non-hydrogen) atoms. The Bertz CT molecular complexity index is 1370. The first-order chi connectivity index (χ1) is 18.7. The molecule has 200 valence electrons. The number of nitrogens with one attached hydrogen (secondary N) is 3. The van der Waals surface area contributed by atoms with E-state index in [1.165, 1.54) is 12.8 Å². The van der Waals surface area contributed by atoms with Gasteiger partial charge in [-0.2, -0.15) is 4.98 Å². The van der Waals surface area contributed by atoms with E-state index in [9.17, 15) is 9.59 Å². The van der Waals surface area contributed by atoms with Crippen LogP contribution in [0, 0.1) is 5.92 Å². The van der Waals surface area contributed by atoms with Gasteiger partial charge in [0.25, 0.3) is 11.8 Å². The van der Waals surface area contributed by atoms with Crippen molar-refractivity contribution in [3.05, 3.63) is 35.8 Å². The number of para-hydroxylation sites is 1. The maximum absolute atomic E-state index is 13.1. The third-order valence-electron chi connectivity index (χ3n) is 6.45. The summed E-state index contributed by atoms with van der Waals surface area (Å²) in [6, 6.07) is 7.05. The first-order valence-corrected chi connectivity index (χ1v) is 13.2. The maximum Gasteiger partial charge on any atom is 0.272 e. The molecule has 0 unspecified atom stereocenters. The lowest BCUT2D eigenvalue weighted by Gasteiger charge is -2.21. The molecule has 12 nitrogen and oxygen atoms in total. The van der Waals surface area contributed by atoms with Crippen molar-refractivity contribution < 1.29 is 18.8 Å². The van der Waals surface area contributed by atoms with Gasteiger partial charge in [-0.05, 0) is 56.1 Å². The SMILES string of the molecule is BC(B)(B)NC(=O)c1nnc(NC(=O)C2CC2)cc1Nc1cccc(-c2nc(CN3CCCC3)no2)c1OC. The fourth-order valence-corrected chi connectivity index (χ4v) is 4.43. The molecular weight excluding hydrogens is 497 g/mol. The van der Waals surface area contributed by atoms with E-state index in [0.29, 0.717) is 40.9 Å². The molecule has 2 amide bonds. The van der Waals surface area contributed by atoms with E-state index in [0.717, 1.165) is 25.9 Å². The van der Waals surface area contributed by atoms with Crippen molar-refractivity contribution in [2.45, 2.75) is 37.5 Å². The quantitative estimate of drug-likeness (QED) is 0.294. The minimum Gasteiger partial charge on any atom is -0.494 e. The van der Waals surface area contributed by atoms with Gasteiger partial charge in [-0.25, -0.2) is 0 Å². The fraction of sp³-hybridized carbons (Fsp3) is 0.417. The van der Waals surface area contributed by atoms with Crippen LogP contribution < -0.4 is 20.7 Å².